The van der Waals surface area contributed by atoms with Crippen molar-refractivity contribution in [2.45, 2.75) is 270 Å². The Morgan fingerprint density at radius 2 is 0.889 bits per heavy atom. The summed E-state index contributed by atoms with van der Waals surface area (Å²) in [6.07, 6.45) is 65.8. The van der Waals surface area contributed by atoms with E-state index in [2.05, 4.69) is 86.8 Å². The van der Waals surface area contributed by atoms with Gasteiger partial charge in [0.15, 0.2) is 0 Å². The minimum atomic E-state index is -4.70. The summed E-state index contributed by atoms with van der Waals surface area (Å²) in [5.74, 6) is -0.571. The average molecular weight is 1030 g/mol. The number of nitrogens with one attached hydrogen (secondary N) is 1. The Bertz CT molecular complexity index is 1460. The number of hydrogen-bond donors (Lipinski definition) is 1. The number of carbonyl (C=O) groups is 2. The maximum absolute atomic E-state index is 13.5. The molecule has 1 amide bonds. The van der Waals surface area contributed by atoms with Crippen molar-refractivity contribution >= 4 is 19.7 Å². The van der Waals surface area contributed by atoms with Crippen LogP contribution < -0.4 is 10.2 Å². The number of nitrogens with zero attached hydrogens (tertiary/aromatic N) is 1. The first-order valence-electron chi connectivity index (χ1n) is 29.7. The molecule has 0 fully saturated rings. The first-order valence-corrected chi connectivity index (χ1v) is 31.2. The number of ether oxygens (including phenoxy) is 1. The molecule has 0 saturated carbocycles. The molecule has 0 bridgehead atoms. The second kappa shape index (κ2) is 51.9. The number of quaternary nitrogens is 1. The van der Waals surface area contributed by atoms with Crippen molar-refractivity contribution in [3.63, 3.8) is 0 Å². The van der Waals surface area contributed by atoms with Gasteiger partial charge in [-0.1, -0.05) is 222 Å². The molecule has 72 heavy (non-hydrogen) atoms. The van der Waals surface area contributed by atoms with Gasteiger partial charge in [0.05, 0.1) is 33.8 Å². The lowest BCUT2D eigenvalue weighted by molar-refractivity contribution is -0.870. The molecule has 0 saturated heterocycles. The third-order valence-electron chi connectivity index (χ3n) is 12.9. The Morgan fingerprint density at radius 1 is 0.500 bits per heavy atom. The fourth-order valence-electron chi connectivity index (χ4n) is 8.27. The Kier molecular flexibility index (Phi) is 50.1. The van der Waals surface area contributed by atoms with Gasteiger partial charge >= 0.3 is 5.97 Å². The average Bonchev–Trinajstić information content (AvgIpc) is 3.34. The first kappa shape index (κ1) is 69.5. The van der Waals surface area contributed by atoms with Gasteiger partial charge in [0.2, 0.25) is 5.91 Å². The standard InChI is InChI=1S/C62H113N2O7P/c1-7-10-13-16-19-22-25-28-30-31-32-33-34-36-39-42-45-48-51-54-61(65)63-59(58-70-72(67,68)69-57-56-64(4,5)6)60(53-50-47-44-41-38-35-27-24-21-18-15-12-9-3)71-62(66)55-52-49-46-43-40-37-29-26-23-20-17-14-11-8-2/h11,14,19-20,22-23,28-30,37,50,53,59-60H,7-10,12-13,15-18,21,24-27,31-36,38-49,51-52,54-58H2,1-6H3,(H-,63,65,67,68)/b14-11+,22-19-,23-20+,30-28-,37-29+,53-50-. The van der Waals surface area contributed by atoms with Crippen LogP contribution >= 0.6 is 7.82 Å². The van der Waals surface area contributed by atoms with E-state index in [1.54, 1.807) is 0 Å². The van der Waals surface area contributed by atoms with E-state index in [0.29, 0.717) is 23.9 Å². The number of rotatable bonds is 53. The maximum Gasteiger partial charge on any atom is 0.306 e. The summed E-state index contributed by atoms with van der Waals surface area (Å²) in [6.45, 7) is 6.69. The second-order valence-corrected chi connectivity index (χ2v) is 22.5. The van der Waals surface area contributed by atoms with Gasteiger partial charge in [0, 0.05) is 12.8 Å². The number of phosphoric acid groups is 1. The van der Waals surface area contributed by atoms with Crippen molar-refractivity contribution in [2.75, 3.05) is 40.9 Å². The number of hydrogen-bond acceptors (Lipinski definition) is 7. The van der Waals surface area contributed by atoms with Crippen molar-refractivity contribution in [3.8, 4) is 0 Å². The summed E-state index contributed by atoms with van der Waals surface area (Å²) in [6, 6.07) is -0.901. The molecule has 0 aliphatic heterocycles. The Morgan fingerprint density at radius 3 is 1.36 bits per heavy atom. The van der Waals surface area contributed by atoms with Crippen LogP contribution in [0.5, 0.6) is 0 Å². The SMILES string of the molecule is CC/C=C/C/C=C/C/C=C/CCCCCCC(=O)OC(/C=C\CCCCCCCCCCCCC)C(COP(=O)([O-])OCC[N+](C)(C)C)NC(=O)CCCCCCCCCCC/C=C\C/C=C\CCCCC. The fourth-order valence-corrected chi connectivity index (χ4v) is 8.99. The number of unbranched alkanes of at least 4 members (excludes halogenated alkanes) is 27. The van der Waals surface area contributed by atoms with Crippen LogP contribution in [0.1, 0.15) is 258 Å². The van der Waals surface area contributed by atoms with E-state index < -0.39 is 26.6 Å². The predicted molar refractivity (Wildman–Crippen MR) is 307 cm³/mol. The van der Waals surface area contributed by atoms with Gasteiger partial charge in [-0.2, -0.15) is 0 Å². The molecule has 0 spiro atoms. The zero-order chi connectivity index (χ0) is 52.9. The highest BCUT2D eigenvalue weighted by atomic mass is 31.2. The number of allylic oxidation sites excluding steroid dienone is 11. The monoisotopic (exact) mass is 1030 g/mol. The first-order chi connectivity index (χ1) is 34.9. The van der Waals surface area contributed by atoms with E-state index >= 15 is 0 Å². The van der Waals surface area contributed by atoms with Gasteiger partial charge in [-0.3, -0.25) is 14.2 Å². The Balaban J connectivity index is 5.34. The number of likely N-dealkylation sites (N-methyl/N-ethyl adjacent to an activating group) is 1. The summed E-state index contributed by atoms with van der Waals surface area (Å²) in [5.41, 5.74) is 0. The van der Waals surface area contributed by atoms with Crippen LogP contribution in [0.3, 0.4) is 0 Å². The summed E-state index contributed by atoms with van der Waals surface area (Å²) in [7, 11) is 1.16. The molecule has 3 atom stereocenters. The van der Waals surface area contributed by atoms with E-state index in [-0.39, 0.29) is 24.9 Å². The van der Waals surface area contributed by atoms with Gasteiger partial charge in [-0.15, -0.1) is 0 Å². The molecule has 1 N–H and O–H groups in total. The third-order valence-corrected chi connectivity index (χ3v) is 13.8. The molecular weight excluding hydrogens is 916 g/mol. The topological polar surface area (TPSA) is 114 Å². The lowest BCUT2D eigenvalue weighted by Crippen LogP contribution is -2.47. The van der Waals surface area contributed by atoms with Crippen molar-refractivity contribution in [1.29, 1.82) is 0 Å². The van der Waals surface area contributed by atoms with Gasteiger partial charge in [0.1, 0.15) is 19.3 Å². The van der Waals surface area contributed by atoms with Crippen LogP contribution in [0.4, 0.5) is 0 Å². The summed E-state index contributed by atoms with van der Waals surface area (Å²) in [4.78, 5) is 39.9. The van der Waals surface area contributed by atoms with Crippen LogP contribution in [0, 0.1) is 0 Å². The number of carbonyl (C=O) groups excluding carboxylic acids is 2. The zero-order valence-corrected chi connectivity index (χ0v) is 48.5. The van der Waals surface area contributed by atoms with E-state index in [4.69, 9.17) is 13.8 Å². The minimum Gasteiger partial charge on any atom is -0.756 e. The minimum absolute atomic E-state index is 0.0292. The van der Waals surface area contributed by atoms with Crippen LogP contribution in [0.25, 0.3) is 0 Å². The maximum atomic E-state index is 13.5. The molecule has 3 unspecified atom stereocenters. The summed E-state index contributed by atoms with van der Waals surface area (Å²) < 4.78 is 30.3. The smallest absolute Gasteiger partial charge is 0.306 e. The molecule has 0 aliphatic rings. The van der Waals surface area contributed by atoms with Gasteiger partial charge in [-0.25, -0.2) is 0 Å². The van der Waals surface area contributed by atoms with Crippen LogP contribution in [0.2, 0.25) is 0 Å². The zero-order valence-electron chi connectivity index (χ0n) is 47.6. The Labute approximate surface area is 444 Å². The van der Waals surface area contributed by atoms with Crippen LogP contribution in [-0.2, 0) is 27.9 Å². The number of phosphoric ester groups is 1. The third kappa shape index (κ3) is 52.3. The largest absolute Gasteiger partial charge is 0.756 e. The molecule has 0 aromatic heterocycles. The normalized spacial score (nSPS) is 14.3. The lowest BCUT2D eigenvalue weighted by Gasteiger charge is -2.30. The Hall–Kier alpha value is -2.55. The highest BCUT2D eigenvalue weighted by Gasteiger charge is 2.27. The molecule has 0 aliphatic carbocycles. The van der Waals surface area contributed by atoms with Crippen LogP contribution in [0.15, 0.2) is 72.9 Å². The van der Waals surface area contributed by atoms with Crippen molar-refractivity contribution in [2.24, 2.45) is 0 Å². The van der Waals surface area contributed by atoms with E-state index in [1.165, 1.54) is 116 Å². The van der Waals surface area contributed by atoms with E-state index in [1.807, 2.05) is 33.3 Å². The van der Waals surface area contributed by atoms with Gasteiger partial charge < -0.3 is 28.5 Å². The molecule has 9 nitrogen and oxygen atoms in total. The molecule has 0 radical (unpaired) electrons. The highest BCUT2D eigenvalue weighted by molar-refractivity contribution is 7.45. The van der Waals surface area contributed by atoms with Gasteiger partial charge in [-0.05, 0) is 96.0 Å². The van der Waals surface area contributed by atoms with Crippen molar-refractivity contribution in [1.82, 2.24) is 5.32 Å². The van der Waals surface area contributed by atoms with Crippen molar-refractivity contribution < 1.29 is 37.3 Å². The molecule has 0 heterocycles. The molecule has 0 aromatic carbocycles. The van der Waals surface area contributed by atoms with Crippen molar-refractivity contribution in [3.05, 3.63) is 72.9 Å². The van der Waals surface area contributed by atoms with E-state index in [0.717, 1.165) is 103 Å². The highest BCUT2D eigenvalue weighted by Crippen LogP contribution is 2.38. The molecule has 0 aromatic rings. The summed E-state index contributed by atoms with van der Waals surface area (Å²) in [5, 5.41) is 3.02. The van der Waals surface area contributed by atoms with Crippen LogP contribution in [-0.4, -0.2) is 69.4 Å². The molecule has 10 heteroatoms. The molecule has 0 rings (SSSR count). The molecular formula is C62H113N2O7P. The van der Waals surface area contributed by atoms with Gasteiger partial charge in [0.25, 0.3) is 7.82 Å². The fraction of sp³-hybridized carbons (Fsp3) is 0.774. The summed E-state index contributed by atoms with van der Waals surface area (Å²) >= 11 is 0. The second-order valence-electron chi connectivity index (χ2n) is 21.1. The number of amides is 1. The quantitative estimate of drug-likeness (QED) is 0.0212. The predicted octanol–water partition coefficient (Wildman–Crippen LogP) is 17.4. The lowest BCUT2D eigenvalue weighted by atomic mass is 10.0. The molecule has 418 valence electrons. The number of esters is 1. The van der Waals surface area contributed by atoms with E-state index in [9.17, 15) is 19.0 Å².